The average Bonchev–Trinajstić information content (AvgIpc) is 2.71. The maximum Gasteiger partial charge on any atom is 0.168 e. The minimum absolute atomic E-state index is 0.0324. The topological polar surface area (TPSA) is 32.3 Å². The van der Waals surface area contributed by atoms with Crippen molar-refractivity contribution in [3.63, 3.8) is 0 Å². The van der Waals surface area contributed by atoms with Crippen molar-refractivity contribution in [1.82, 2.24) is 10.2 Å². The summed E-state index contributed by atoms with van der Waals surface area (Å²) in [5.41, 5.74) is 2.25. The molecule has 0 saturated heterocycles. The molecule has 1 atom stereocenters. The summed E-state index contributed by atoms with van der Waals surface area (Å²) in [5, 5.41) is 3.20. The van der Waals surface area contributed by atoms with Gasteiger partial charge in [-0.3, -0.25) is 4.79 Å². The lowest BCUT2D eigenvalue weighted by Crippen LogP contribution is -2.24. The van der Waals surface area contributed by atoms with Crippen molar-refractivity contribution >= 4 is 5.78 Å². The van der Waals surface area contributed by atoms with Crippen LogP contribution in [0.15, 0.2) is 35.7 Å². The lowest BCUT2D eigenvalue weighted by atomic mass is 9.89. The Morgan fingerprint density at radius 3 is 3.00 bits per heavy atom. The van der Waals surface area contributed by atoms with Crippen molar-refractivity contribution in [3.8, 4) is 0 Å². The second kappa shape index (κ2) is 5.32. The van der Waals surface area contributed by atoms with Gasteiger partial charge in [0, 0.05) is 18.4 Å². The molecular formula is C14H20N2O. The zero-order valence-corrected chi connectivity index (χ0v) is 10.6. The predicted molar refractivity (Wildman–Crippen MR) is 69.3 cm³/mol. The van der Waals surface area contributed by atoms with E-state index in [0.29, 0.717) is 0 Å². The van der Waals surface area contributed by atoms with Gasteiger partial charge in [0.05, 0.1) is 5.92 Å². The fraction of sp³-hybridized carbons (Fsp3) is 0.500. The van der Waals surface area contributed by atoms with Crippen molar-refractivity contribution in [2.75, 3.05) is 20.1 Å². The minimum atomic E-state index is -0.0324. The van der Waals surface area contributed by atoms with Gasteiger partial charge < -0.3 is 10.2 Å². The fourth-order valence-corrected chi connectivity index (χ4v) is 2.40. The average molecular weight is 232 g/mol. The first-order valence-electron chi connectivity index (χ1n) is 6.28. The molecule has 0 spiro atoms. The monoisotopic (exact) mass is 232 g/mol. The Morgan fingerprint density at radius 1 is 1.41 bits per heavy atom. The third-order valence-electron chi connectivity index (χ3n) is 3.31. The molecule has 0 fully saturated rings. The Hall–Kier alpha value is -1.35. The van der Waals surface area contributed by atoms with Crippen LogP contribution in [0.2, 0.25) is 0 Å². The highest BCUT2D eigenvalue weighted by molar-refractivity contribution is 5.98. The Kier molecular flexibility index (Phi) is 3.79. The van der Waals surface area contributed by atoms with Crippen LogP contribution in [-0.2, 0) is 4.79 Å². The first-order chi connectivity index (χ1) is 8.22. The molecule has 92 valence electrons. The molecule has 2 rings (SSSR count). The van der Waals surface area contributed by atoms with Crippen LogP contribution in [0.1, 0.15) is 19.8 Å². The van der Waals surface area contributed by atoms with Gasteiger partial charge in [0.1, 0.15) is 0 Å². The molecule has 0 aromatic heterocycles. The Balaban J connectivity index is 1.93. The van der Waals surface area contributed by atoms with E-state index in [1.807, 2.05) is 18.4 Å². The van der Waals surface area contributed by atoms with Crippen LogP contribution < -0.4 is 5.32 Å². The van der Waals surface area contributed by atoms with Crippen LogP contribution in [0.4, 0.5) is 0 Å². The second-order valence-electron chi connectivity index (χ2n) is 4.73. The second-order valence-corrected chi connectivity index (χ2v) is 4.73. The highest BCUT2D eigenvalue weighted by Gasteiger charge is 2.30. The van der Waals surface area contributed by atoms with Gasteiger partial charge in [0.2, 0.25) is 0 Å². The lowest BCUT2D eigenvalue weighted by Gasteiger charge is -2.19. The lowest BCUT2D eigenvalue weighted by molar-refractivity contribution is -0.116. The quantitative estimate of drug-likeness (QED) is 0.785. The molecule has 1 N–H and O–H groups in total. The van der Waals surface area contributed by atoms with Gasteiger partial charge in [-0.15, -0.1) is 0 Å². The summed E-state index contributed by atoms with van der Waals surface area (Å²) in [7, 11) is 2.13. The number of hydrogen-bond donors (Lipinski definition) is 1. The largest absolute Gasteiger partial charge is 0.364 e. The van der Waals surface area contributed by atoms with Crippen LogP contribution >= 0.6 is 0 Å². The number of hydrogen-bond acceptors (Lipinski definition) is 3. The van der Waals surface area contributed by atoms with Gasteiger partial charge in [-0.05, 0) is 44.2 Å². The van der Waals surface area contributed by atoms with Gasteiger partial charge >= 0.3 is 0 Å². The highest BCUT2D eigenvalue weighted by atomic mass is 16.1. The molecule has 3 heteroatoms. The predicted octanol–water partition coefficient (Wildman–Crippen LogP) is 1.84. The molecule has 0 aromatic carbocycles. The molecule has 0 radical (unpaired) electrons. The number of nitrogens with zero attached hydrogens (tertiary/aromatic N) is 1. The summed E-state index contributed by atoms with van der Waals surface area (Å²) < 4.78 is 0. The first kappa shape index (κ1) is 12.1. The molecule has 3 nitrogen and oxygen atoms in total. The summed E-state index contributed by atoms with van der Waals surface area (Å²) >= 11 is 0. The highest BCUT2D eigenvalue weighted by Crippen LogP contribution is 2.30. The molecule has 0 amide bonds. The van der Waals surface area contributed by atoms with E-state index in [4.69, 9.17) is 0 Å². The Morgan fingerprint density at radius 2 is 2.24 bits per heavy atom. The number of fused-ring (bicyclic) bond motifs is 1. The zero-order chi connectivity index (χ0) is 12.3. The molecule has 2 aliphatic rings. The molecule has 0 bridgehead atoms. The van der Waals surface area contributed by atoms with E-state index >= 15 is 0 Å². The number of carbonyl (C=O) groups excluding carboxylic acids is 1. The third-order valence-corrected chi connectivity index (χ3v) is 3.31. The van der Waals surface area contributed by atoms with Crippen molar-refractivity contribution in [2.45, 2.75) is 19.8 Å². The number of allylic oxidation sites excluding steroid dienone is 4. The third kappa shape index (κ3) is 2.67. The van der Waals surface area contributed by atoms with E-state index in [0.717, 1.165) is 25.2 Å². The van der Waals surface area contributed by atoms with E-state index in [1.165, 1.54) is 12.0 Å². The van der Waals surface area contributed by atoms with Gasteiger partial charge in [-0.2, -0.15) is 0 Å². The maximum absolute atomic E-state index is 11.8. The van der Waals surface area contributed by atoms with Crippen LogP contribution in [0, 0.1) is 5.92 Å². The Labute approximate surface area is 103 Å². The standard InChI is InChI=1S/C14H20N2O/c1-3-8-16(2)9-7-11-10-15-12-5-4-6-13(17)14(11)12/h4-6,10,14-15H,3,7-9H2,1-2H3. The van der Waals surface area contributed by atoms with Crippen molar-refractivity contribution in [3.05, 3.63) is 35.7 Å². The van der Waals surface area contributed by atoms with Gasteiger partial charge in [0.25, 0.3) is 0 Å². The van der Waals surface area contributed by atoms with Crippen molar-refractivity contribution in [1.29, 1.82) is 0 Å². The van der Waals surface area contributed by atoms with Crippen LogP contribution in [0.5, 0.6) is 0 Å². The summed E-state index contributed by atoms with van der Waals surface area (Å²) in [5.74, 6) is 0.173. The smallest absolute Gasteiger partial charge is 0.168 e. The number of carbonyl (C=O) groups is 1. The van der Waals surface area contributed by atoms with E-state index in [-0.39, 0.29) is 11.7 Å². The fourth-order valence-electron chi connectivity index (χ4n) is 2.40. The molecule has 1 aliphatic carbocycles. The summed E-state index contributed by atoms with van der Waals surface area (Å²) in [4.78, 5) is 14.1. The first-order valence-corrected chi connectivity index (χ1v) is 6.28. The summed E-state index contributed by atoms with van der Waals surface area (Å²) in [6.07, 6.45) is 9.62. The summed E-state index contributed by atoms with van der Waals surface area (Å²) in [6.45, 7) is 4.31. The molecular weight excluding hydrogens is 212 g/mol. The number of rotatable bonds is 5. The Bertz CT molecular complexity index is 393. The van der Waals surface area contributed by atoms with E-state index in [9.17, 15) is 4.79 Å². The normalized spacial score (nSPS) is 22.3. The molecule has 0 saturated carbocycles. The zero-order valence-electron chi connectivity index (χ0n) is 10.6. The maximum atomic E-state index is 11.8. The molecule has 0 aromatic rings. The molecule has 1 unspecified atom stereocenters. The van der Waals surface area contributed by atoms with Crippen LogP contribution in [-0.4, -0.2) is 30.8 Å². The SMILES string of the molecule is CCCN(C)CCC1=CNC2=CC=CC(=O)C12. The number of ketones is 1. The molecule has 17 heavy (non-hydrogen) atoms. The summed E-state index contributed by atoms with van der Waals surface area (Å²) in [6, 6.07) is 0. The van der Waals surface area contributed by atoms with Gasteiger partial charge in [-0.25, -0.2) is 0 Å². The van der Waals surface area contributed by atoms with Gasteiger partial charge in [0.15, 0.2) is 5.78 Å². The number of nitrogens with one attached hydrogen (secondary N) is 1. The van der Waals surface area contributed by atoms with Crippen molar-refractivity contribution in [2.24, 2.45) is 5.92 Å². The van der Waals surface area contributed by atoms with E-state index < -0.39 is 0 Å². The van der Waals surface area contributed by atoms with Crippen molar-refractivity contribution < 1.29 is 4.79 Å². The van der Waals surface area contributed by atoms with E-state index in [1.54, 1.807) is 6.08 Å². The van der Waals surface area contributed by atoms with E-state index in [2.05, 4.69) is 24.2 Å². The molecule has 1 aliphatic heterocycles. The van der Waals surface area contributed by atoms with Crippen LogP contribution in [0.3, 0.4) is 0 Å². The van der Waals surface area contributed by atoms with Crippen LogP contribution in [0.25, 0.3) is 0 Å². The molecule has 1 heterocycles. The minimum Gasteiger partial charge on any atom is -0.364 e. The van der Waals surface area contributed by atoms with Gasteiger partial charge in [-0.1, -0.05) is 13.0 Å².